The van der Waals surface area contributed by atoms with Gasteiger partial charge in [0.2, 0.25) is 0 Å². The molecule has 0 aliphatic heterocycles. The molecule has 0 atom stereocenters. The number of carboxylic acids is 1. The molecule has 1 amide bonds. The Kier molecular flexibility index (Phi) is 8.26. The van der Waals surface area contributed by atoms with Crippen molar-refractivity contribution in [1.82, 2.24) is 5.43 Å². The maximum Gasteiger partial charge on any atom is 0.335 e. The summed E-state index contributed by atoms with van der Waals surface area (Å²) in [5, 5.41) is 12.8. The number of nitrogens with zero attached hydrogens (tertiary/aromatic N) is 2. The third-order valence-corrected chi connectivity index (χ3v) is 7.27. The van der Waals surface area contributed by atoms with Gasteiger partial charge in [-0.1, -0.05) is 29.8 Å². The first kappa shape index (κ1) is 25.9. The van der Waals surface area contributed by atoms with Crippen LogP contribution in [-0.2, 0) is 14.8 Å². The average molecular weight is 560 g/mol. The van der Waals surface area contributed by atoms with Crippen LogP contribution in [0.1, 0.15) is 21.5 Å². The third kappa shape index (κ3) is 6.46. The van der Waals surface area contributed by atoms with E-state index in [-0.39, 0.29) is 10.5 Å². The Hall–Kier alpha value is -3.70. The predicted octanol–water partition coefficient (Wildman–Crippen LogP) is 3.81. The minimum Gasteiger partial charge on any atom is -0.496 e. The number of anilines is 1. The molecule has 0 aliphatic carbocycles. The first-order valence-electron chi connectivity index (χ1n) is 10.2. The number of hydrogen-bond donors (Lipinski definition) is 2. The van der Waals surface area contributed by atoms with E-state index in [0.29, 0.717) is 21.5 Å². The zero-order valence-electron chi connectivity index (χ0n) is 18.8. The number of halogens is 1. The van der Waals surface area contributed by atoms with Crippen LogP contribution in [0.2, 0.25) is 0 Å². The van der Waals surface area contributed by atoms with Gasteiger partial charge in [-0.25, -0.2) is 18.6 Å². The van der Waals surface area contributed by atoms with Crippen LogP contribution in [0.5, 0.6) is 5.75 Å². The van der Waals surface area contributed by atoms with Crippen LogP contribution in [0.15, 0.2) is 81.2 Å². The minimum absolute atomic E-state index is 0.0272. The number of carboxylic acid groups (broad SMARTS) is 1. The predicted molar refractivity (Wildman–Crippen MR) is 136 cm³/mol. The number of nitrogens with one attached hydrogen (secondary N) is 1. The second kappa shape index (κ2) is 11.2. The number of ether oxygens (including phenoxy) is 1. The number of methoxy groups -OCH3 is 1. The molecule has 35 heavy (non-hydrogen) atoms. The normalized spacial score (nSPS) is 11.3. The van der Waals surface area contributed by atoms with Crippen LogP contribution >= 0.6 is 15.9 Å². The molecule has 182 valence electrons. The molecule has 0 fully saturated rings. The van der Waals surface area contributed by atoms with Crippen molar-refractivity contribution in [3.63, 3.8) is 0 Å². The Balaban J connectivity index is 1.83. The maximum atomic E-state index is 13.5. The molecular formula is C24H22BrN3O6S. The molecule has 0 spiro atoms. The number of sulfonamides is 1. The first-order chi connectivity index (χ1) is 16.6. The van der Waals surface area contributed by atoms with Gasteiger partial charge >= 0.3 is 5.97 Å². The molecule has 3 rings (SSSR count). The van der Waals surface area contributed by atoms with Crippen LogP contribution in [0.3, 0.4) is 0 Å². The summed E-state index contributed by atoms with van der Waals surface area (Å²) in [6, 6.07) is 16.9. The summed E-state index contributed by atoms with van der Waals surface area (Å²) < 4.78 is 33.6. The lowest BCUT2D eigenvalue weighted by molar-refractivity contribution is -0.119. The topological polar surface area (TPSA) is 125 Å². The molecule has 3 aromatic rings. The second-order valence-electron chi connectivity index (χ2n) is 7.36. The Morgan fingerprint density at radius 1 is 1.09 bits per heavy atom. The highest BCUT2D eigenvalue weighted by Gasteiger charge is 2.28. The standard InChI is InChI=1S/C24H22BrN3O6S/c1-16-3-9-19(10-4-16)28(35(32,33)20-11-12-22(34-2)21(25)13-20)15-23(29)27-26-14-17-5-7-18(8-6-17)24(30)31/h3-14H,15H2,1-2H3,(H,27,29)(H,30,31)/b26-14-. The van der Waals surface area contributed by atoms with Gasteiger partial charge in [0.05, 0.1) is 33.9 Å². The highest BCUT2D eigenvalue weighted by molar-refractivity contribution is 9.10. The number of aromatic carboxylic acids is 1. The van der Waals surface area contributed by atoms with Crippen molar-refractivity contribution in [3.05, 3.63) is 87.9 Å². The molecule has 0 heterocycles. The van der Waals surface area contributed by atoms with Crippen LogP contribution in [0.25, 0.3) is 0 Å². The van der Waals surface area contributed by atoms with Crippen molar-refractivity contribution < 1.29 is 27.9 Å². The maximum absolute atomic E-state index is 13.5. The number of carbonyl (C=O) groups is 2. The van der Waals surface area contributed by atoms with Crippen molar-refractivity contribution >= 4 is 49.7 Å². The largest absolute Gasteiger partial charge is 0.496 e. The summed E-state index contributed by atoms with van der Waals surface area (Å²) >= 11 is 3.30. The zero-order chi connectivity index (χ0) is 25.6. The number of hydrogen-bond acceptors (Lipinski definition) is 6. The SMILES string of the molecule is COc1ccc(S(=O)(=O)N(CC(=O)N/N=C\c2ccc(C(=O)O)cc2)c2ccc(C)cc2)cc1Br. The fourth-order valence-corrected chi connectivity index (χ4v) is 5.16. The fourth-order valence-electron chi connectivity index (χ4n) is 3.02. The average Bonchev–Trinajstić information content (AvgIpc) is 2.83. The van der Waals surface area contributed by atoms with Crippen molar-refractivity contribution in [3.8, 4) is 5.75 Å². The second-order valence-corrected chi connectivity index (χ2v) is 10.1. The molecule has 0 bridgehead atoms. The van der Waals surface area contributed by atoms with Crippen LogP contribution < -0.4 is 14.5 Å². The lowest BCUT2D eigenvalue weighted by atomic mass is 10.1. The van der Waals surface area contributed by atoms with Crippen LogP contribution in [0, 0.1) is 6.92 Å². The van der Waals surface area contributed by atoms with Gasteiger partial charge in [0, 0.05) is 0 Å². The van der Waals surface area contributed by atoms with Crippen molar-refractivity contribution in [2.45, 2.75) is 11.8 Å². The van der Waals surface area contributed by atoms with Crippen molar-refractivity contribution in [1.29, 1.82) is 0 Å². The van der Waals surface area contributed by atoms with E-state index >= 15 is 0 Å². The molecule has 0 saturated heterocycles. The van der Waals surface area contributed by atoms with E-state index in [9.17, 15) is 18.0 Å². The van der Waals surface area contributed by atoms with E-state index in [0.717, 1.165) is 9.87 Å². The molecule has 11 heteroatoms. The Labute approximate surface area is 211 Å². The van der Waals surface area contributed by atoms with E-state index in [1.807, 2.05) is 6.92 Å². The summed E-state index contributed by atoms with van der Waals surface area (Å²) in [5.74, 6) is -1.25. The lowest BCUT2D eigenvalue weighted by Gasteiger charge is -2.24. The summed E-state index contributed by atoms with van der Waals surface area (Å²) in [5.41, 5.74) is 4.23. The van der Waals surface area contributed by atoms with Gasteiger partial charge in [-0.2, -0.15) is 5.10 Å². The number of carbonyl (C=O) groups excluding carboxylic acids is 1. The molecule has 0 aliphatic rings. The number of benzene rings is 3. The fraction of sp³-hybridized carbons (Fsp3) is 0.125. The Morgan fingerprint density at radius 3 is 2.31 bits per heavy atom. The lowest BCUT2D eigenvalue weighted by Crippen LogP contribution is -2.39. The van der Waals surface area contributed by atoms with Gasteiger partial charge in [0.15, 0.2) is 0 Å². The van der Waals surface area contributed by atoms with E-state index < -0.39 is 28.4 Å². The van der Waals surface area contributed by atoms with E-state index in [4.69, 9.17) is 9.84 Å². The molecule has 0 unspecified atom stereocenters. The summed E-state index contributed by atoms with van der Waals surface area (Å²) in [4.78, 5) is 23.5. The van der Waals surface area contributed by atoms with Gasteiger partial charge < -0.3 is 9.84 Å². The monoisotopic (exact) mass is 559 g/mol. The molecule has 9 nitrogen and oxygen atoms in total. The van der Waals surface area contributed by atoms with Gasteiger partial charge in [-0.15, -0.1) is 0 Å². The molecule has 0 aromatic heterocycles. The summed E-state index contributed by atoms with van der Waals surface area (Å²) in [7, 11) is -2.65. The van der Waals surface area contributed by atoms with E-state index in [1.165, 1.54) is 55.8 Å². The van der Waals surface area contributed by atoms with Gasteiger partial charge in [-0.3, -0.25) is 9.10 Å². The summed E-state index contributed by atoms with van der Waals surface area (Å²) in [6.07, 6.45) is 1.33. The van der Waals surface area contributed by atoms with E-state index in [1.54, 1.807) is 24.3 Å². The van der Waals surface area contributed by atoms with Gasteiger partial charge in [0.1, 0.15) is 12.3 Å². The number of hydrazone groups is 1. The molecule has 3 aromatic carbocycles. The molecular weight excluding hydrogens is 538 g/mol. The minimum atomic E-state index is -4.12. The third-order valence-electron chi connectivity index (χ3n) is 4.88. The highest BCUT2D eigenvalue weighted by atomic mass is 79.9. The molecule has 2 N–H and O–H groups in total. The smallest absolute Gasteiger partial charge is 0.335 e. The van der Waals surface area contributed by atoms with Crippen molar-refractivity contribution in [2.24, 2.45) is 5.10 Å². The van der Waals surface area contributed by atoms with Gasteiger partial charge in [0.25, 0.3) is 15.9 Å². The van der Waals surface area contributed by atoms with Gasteiger partial charge in [-0.05, 0) is 70.9 Å². The number of rotatable bonds is 9. The summed E-state index contributed by atoms with van der Waals surface area (Å²) in [6.45, 7) is 1.35. The van der Waals surface area contributed by atoms with Crippen LogP contribution in [0.4, 0.5) is 5.69 Å². The molecule has 0 saturated carbocycles. The van der Waals surface area contributed by atoms with Crippen LogP contribution in [-0.4, -0.2) is 45.3 Å². The Morgan fingerprint density at radius 2 is 1.74 bits per heavy atom. The Bertz CT molecular complexity index is 1360. The molecule has 0 radical (unpaired) electrons. The number of aryl methyl sites for hydroxylation is 1. The quantitative estimate of drug-likeness (QED) is 0.303. The number of amides is 1. The van der Waals surface area contributed by atoms with E-state index in [2.05, 4.69) is 26.5 Å². The van der Waals surface area contributed by atoms with Crippen molar-refractivity contribution in [2.75, 3.05) is 18.0 Å². The highest BCUT2D eigenvalue weighted by Crippen LogP contribution is 2.30. The zero-order valence-corrected chi connectivity index (χ0v) is 21.2. The first-order valence-corrected chi connectivity index (χ1v) is 12.4.